The number of rotatable bonds is 8. The molecule has 0 spiro atoms. The molecule has 2 rings (SSSR count). The Balaban J connectivity index is 1.80. The summed E-state index contributed by atoms with van der Waals surface area (Å²) in [5, 5.41) is 6.47. The molecular weight excluding hydrogens is 348 g/mol. The molecule has 0 bridgehead atoms. The van der Waals surface area contributed by atoms with Crippen molar-refractivity contribution in [3.63, 3.8) is 0 Å². The van der Waals surface area contributed by atoms with Crippen LogP contribution >= 0.6 is 11.8 Å². The van der Waals surface area contributed by atoms with Crippen LogP contribution in [-0.4, -0.2) is 36.8 Å². The average Bonchev–Trinajstić information content (AvgIpc) is 3.01. The molecule has 0 unspecified atom stereocenters. The van der Waals surface area contributed by atoms with Crippen molar-refractivity contribution in [2.24, 2.45) is 5.92 Å². The molecule has 2 N–H and O–H groups in total. The molecule has 146 valence electrons. The van der Waals surface area contributed by atoms with Gasteiger partial charge in [0.2, 0.25) is 0 Å². The van der Waals surface area contributed by atoms with E-state index in [-0.39, 0.29) is 11.9 Å². The van der Waals surface area contributed by atoms with E-state index in [1.807, 2.05) is 31.7 Å². The Morgan fingerprint density at radius 2 is 2.00 bits per heavy atom. The SMILES string of the molecule is CC[C@@H](C)Sc1ccc(NC(=O)NC[C@H](C)CC2(C)OCCO2)c(C)c1. The Bertz CT molecular complexity index is 603. The molecule has 1 aromatic rings. The number of carbonyl (C=O) groups excluding carboxylic acids is 1. The first-order valence-corrected chi connectivity index (χ1v) is 10.3. The van der Waals surface area contributed by atoms with Crippen molar-refractivity contribution in [1.29, 1.82) is 0 Å². The van der Waals surface area contributed by atoms with Gasteiger partial charge in [0.05, 0.1) is 13.2 Å². The summed E-state index contributed by atoms with van der Waals surface area (Å²) >= 11 is 1.86. The molecule has 0 aromatic heterocycles. The minimum absolute atomic E-state index is 0.180. The highest BCUT2D eigenvalue weighted by Gasteiger charge is 2.32. The van der Waals surface area contributed by atoms with Crippen LogP contribution in [0.15, 0.2) is 23.1 Å². The fraction of sp³-hybridized carbons (Fsp3) is 0.650. The van der Waals surface area contributed by atoms with Gasteiger partial charge in [0.1, 0.15) is 0 Å². The number of aryl methyl sites for hydroxylation is 1. The molecule has 1 aromatic carbocycles. The van der Waals surface area contributed by atoms with Crippen LogP contribution in [0.2, 0.25) is 0 Å². The van der Waals surface area contributed by atoms with Crippen molar-refractivity contribution in [2.45, 2.75) is 63.4 Å². The van der Waals surface area contributed by atoms with E-state index >= 15 is 0 Å². The molecule has 0 aliphatic carbocycles. The van der Waals surface area contributed by atoms with Crippen LogP contribution in [0.3, 0.4) is 0 Å². The Kier molecular flexibility index (Phi) is 7.80. The number of urea groups is 1. The third-order valence-electron chi connectivity index (χ3n) is 4.59. The lowest BCUT2D eigenvalue weighted by Crippen LogP contribution is -2.36. The molecule has 2 amide bonds. The van der Waals surface area contributed by atoms with Gasteiger partial charge in [-0.25, -0.2) is 4.79 Å². The van der Waals surface area contributed by atoms with Crippen LogP contribution in [0, 0.1) is 12.8 Å². The van der Waals surface area contributed by atoms with Crippen molar-refractivity contribution >= 4 is 23.5 Å². The number of hydrogen-bond donors (Lipinski definition) is 2. The fourth-order valence-electron chi connectivity index (χ4n) is 2.98. The molecule has 1 saturated heterocycles. The third-order valence-corrected chi connectivity index (χ3v) is 5.85. The molecule has 2 atom stereocenters. The lowest BCUT2D eigenvalue weighted by molar-refractivity contribution is -0.153. The number of hydrogen-bond acceptors (Lipinski definition) is 4. The van der Waals surface area contributed by atoms with Gasteiger partial charge in [-0.3, -0.25) is 0 Å². The van der Waals surface area contributed by atoms with Crippen LogP contribution in [0.25, 0.3) is 0 Å². The van der Waals surface area contributed by atoms with Crippen molar-refractivity contribution in [3.05, 3.63) is 23.8 Å². The molecule has 6 heteroatoms. The van der Waals surface area contributed by atoms with Crippen LogP contribution in [0.1, 0.15) is 46.1 Å². The number of benzene rings is 1. The molecule has 1 aliphatic heterocycles. The number of ether oxygens (including phenoxy) is 2. The van der Waals surface area contributed by atoms with E-state index in [1.165, 1.54) is 4.90 Å². The minimum atomic E-state index is -0.517. The number of nitrogens with one attached hydrogen (secondary N) is 2. The first kappa shape index (κ1) is 21.1. The zero-order chi connectivity index (χ0) is 19.2. The maximum absolute atomic E-state index is 12.2. The van der Waals surface area contributed by atoms with Crippen LogP contribution in [0.4, 0.5) is 10.5 Å². The maximum Gasteiger partial charge on any atom is 0.319 e. The second-order valence-corrected chi connectivity index (χ2v) is 8.80. The lowest BCUT2D eigenvalue weighted by Gasteiger charge is -2.26. The molecule has 1 aliphatic rings. The number of thioether (sulfide) groups is 1. The highest BCUT2D eigenvalue weighted by molar-refractivity contribution is 7.99. The first-order chi connectivity index (χ1) is 12.3. The summed E-state index contributed by atoms with van der Waals surface area (Å²) in [6.45, 7) is 12.3. The van der Waals surface area contributed by atoms with Gasteiger partial charge < -0.3 is 20.1 Å². The molecule has 0 radical (unpaired) electrons. The summed E-state index contributed by atoms with van der Waals surface area (Å²) in [7, 11) is 0. The molecule has 1 heterocycles. The molecule has 0 saturated carbocycles. The Morgan fingerprint density at radius 3 is 2.62 bits per heavy atom. The average molecular weight is 381 g/mol. The number of carbonyl (C=O) groups is 1. The van der Waals surface area contributed by atoms with Crippen molar-refractivity contribution in [1.82, 2.24) is 5.32 Å². The summed E-state index contributed by atoms with van der Waals surface area (Å²) in [5.41, 5.74) is 1.92. The van der Waals surface area contributed by atoms with Gasteiger partial charge in [0.15, 0.2) is 5.79 Å². The Hall–Kier alpha value is -1.24. The van der Waals surface area contributed by atoms with Crippen LogP contribution < -0.4 is 10.6 Å². The van der Waals surface area contributed by atoms with Gasteiger partial charge in [-0.15, -0.1) is 11.8 Å². The zero-order valence-corrected chi connectivity index (χ0v) is 17.4. The van der Waals surface area contributed by atoms with E-state index in [2.05, 4.69) is 43.5 Å². The van der Waals surface area contributed by atoms with Gasteiger partial charge in [-0.2, -0.15) is 0 Å². The predicted molar refractivity (Wildman–Crippen MR) is 108 cm³/mol. The standard InChI is InChI=1S/C20H32N2O3S/c1-6-16(4)26-17-7-8-18(15(3)11-17)22-19(23)21-13-14(2)12-20(5)24-9-10-25-20/h7-8,11,14,16H,6,9-10,12-13H2,1-5H3,(H2,21,22,23)/t14-,16-/m1/s1. The zero-order valence-electron chi connectivity index (χ0n) is 16.6. The van der Waals surface area contributed by atoms with E-state index in [0.717, 1.165) is 24.1 Å². The summed E-state index contributed by atoms with van der Waals surface area (Å²) in [4.78, 5) is 13.4. The molecule has 26 heavy (non-hydrogen) atoms. The second-order valence-electron chi connectivity index (χ2n) is 7.29. The minimum Gasteiger partial charge on any atom is -0.348 e. The second kappa shape index (κ2) is 9.62. The van der Waals surface area contributed by atoms with Crippen molar-refractivity contribution in [3.8, 4) is 0 Å². The number of anilines is 1. The summed E-state index contributed by atoms with van der Waals surface area (Å²) in [5.74, 6) is -0.253. The Morgan fingerprint density at radius 1 is 1.31 bits per heavy atom. The van der Waals surface area contributed by atoms with Crippen LogP contribution in [-0.2, 0) is 9.47 Å². The predicted octanol–water partition coefficient (Wildman–Crippen LogP) is 4.80. The Labute approximate surface area is 161 Å². The smallest absolute Gasteiger partial charge is 0.319 e. The molecular formula is C20H32N2O3S. The van der Waals surface area contributed by atoms with E-state index < -0.39 is 5.79 Å². The summed E-state index contributed by atoms with van der Waals surface area (Å²) < 4.78 is 11.2. The van der Waals surface area contributed by atoms with E-state index in [0.29, 0.717) is 25.0 Å². The molecule has 1 fully saturated rings. The quantitative estimate of drug-likeness (QED) is 0.636. The van der Waals surface area contributed by atoms with E-state index in [9.17, 15) is 4.79 Å². The van der Waals surface area contributed by atoms with Crippen LogP contribution in [0.5, 0.6) is 0 Å². The topological polar surface area (TPSA) is 59.6 Å². The summed E-state index contributed by atoms with van der Waals surface area (Å²) in [6.07, 6.45) is 1.90. The molecule has 5 nitrogen and oxygen atoms in total. The van der Waals surface area contributed by atoms with Crippen molar-refractivity contribution < 1.29 is 14.3 Å². The van der Waals surface area contributed by atoms with E-state index in [1.54, 1.807) is 0 Å². The van der Waals surface area contributed by atoms with Gasteiger partial charge in [0, 0.05) is 28.8 Å². The third kappa shape index (κ3) is 6.49. The largest absolute Gasteiger partial charge is 0.348 e. The van der Waals surface area contributed by atoms with Gasteiger partial charge in [0.25, 0.3) is 0 Å². The van der Waals surface area contributed by atoms with E-state index in [4.69, 9.17) is 9.47 Å². The van der Waals surface area contributed by atoms with Gasteiger partial charge >= 0.3 is 6.03 Å². The normalized spacial score (nSPS) is 18.3. The van der Waals surface area contributed by atoms with Gasteiger partial charge in [-0.05, 0) is 49.9 Å². The lowest BCUT2D eigenvalue weighted by atomic mass is 10.0. The summed E-state index contributed by atoms with van der Waals surface area (Å²) in [6, 6.07) is 5.99. The highest BCUT2D eigenvalue weighted by Crippen LogP contribution is 2.29. The maximum atomic E-state index is 12.2. The van der Waals surface area contributed by atoms with Gasteiger partial charge in [-0.1, -0.05) is 20.8 Å². The fourth-order valence-corrected chi connectivity index (χ4v) is 4.00. The van der Waals surface area contributed by atoms with Crippen molar-refractivity contribution in [2.75, 3.05) is 25.1 Å². The highest BCUT2D eigenvalue weighted by atomic mass is 32.2. The number of amides is 2. The monoisotopic (exact) mass is 380 g/mol. The first-order valence-electron chi connectivity index (χ1n) is 9.41.